The maximum Gasteiger partial charge on any atom is 0.255 e. The van der Waals surface area contributed by atoms with E-state index in [4.69, 9.17) is 14.2 Å². The van der Waals surface area contributed by atoms with Gasteiger partial charge < -0.3 is 19.5 Å². The van der Waals surface area contributed by atoms with E-state index in [9.17, 15) is 9.18 Å². The summed E-state index contributed by atoms with van der Waals surface area (Å²) in [4.78, 5) is 12.7. The average molecular weight is 474 g/mol. The minimum atomic E-state index is -0.525. The van der Waals surface area contributed by atoms with Gasteiger partial charge in [0, 0.05) is 15.6 Å². The first-order chi connectivity index (χ1) is 14.5. The molecule has 0 bridgehead atoms. The maximum atomic E-state index is 14.1. The Kier molecular flexibility index (Phi) is 7.30. The average Bonchev–Trinajstić information content (AvgIpc) is 2.75. The maximum absolute atomic E-state index is 14.1. The number of nitrogens with one attached hydrogen (secondary N) is 1. The molecule has 0 unspecified atom stereocenters. The number of ether oxygens (including phenoxy) is 3. The predicted molar refractivity (Wildman–Crippen MR) is 117 cm³/mol. The van der Waals surface area contributed by atoms with Gasteiger partial charge in [0.1, 0.15) is 18.2 Å². The molecule has 0 atom stereocenters. The first-order valence-electron chi connectivity index (χ1n) is 9.29. The molecule has 156 valence electrons. The highest BCUT2D eigenvalue weighted by Crippen LogP contribution is 2.29. The molecular weight excluding hydrogens is 453 g/mol. The first kappa shape index (κ1) is 21.6. The monoisotopic (exact) mass is 473 g/mol. The number of methoxy groups -OCH3 is 1. The van der Waals surface area contributed by atoms with Crippen molar-refractivity contribution in [2.75, 3.05) is 19.0 Å². The van der Waals surface area contributed by atoms with Gasteiger partial charge in [0.25, 0.3) is 5.91 Å². The zero-order chi connectivity index (χ0) is 21.5. The summed E-state index contributed by atoms with van der Waals surface area (Å²) >= 11 is 3.20. The number of hydrogen-bond donors (Lipinski definition) is 1. The fraction of sp³-hybridized carbons (Fsp3) is 0.174. The van der Waals surface area contributed by atoms with Crippen LogP contribution in [0.2, 0.25) is 0 Å². The van der Waals surface area contributed by atoms with Crippen LogP contribution in [0, 0.1) is 5.82 Å². The van der Waals surface area contributed by atoms with Gasteiger partial charge in [0.05, 0.1) is 19.4 Å². The van der Waals surface area contributed by atoms with Gasteiger partial charge >= 0.3 is 0 Å². The molecular formula is C23H21BrFNO4. The molecule has 7 heteroatoms. The summed E-state index contributed by atoms with van der Waals surface area (Å²) in [5, 5.41) is 2.59. The van der Waals surface area contributed by atoms with E-state index in [0.717, 1.165) is 0 Å². The number of halogens is 2. The molecule has 0 spiro atoms. The number of amides is 1. The molecule has 0 aliphatic carbocycles. The normalized spacial score (nSPS) is 10.4. The molecule has 0 radical (unpaired) electrons. The van der Waals surface area contributed by atoms with Crippen molar-refractivity contribution < 1.29 is 23.4 Å². The van der Waals surface area contributed by atoms with Gasteiger partial charge in [-0.15, -0.1) is 0 Å². The smallest absolute Gasteiger partial charge is 0.255 e. The van der Waals surface area contributed by atoms with Crippen LogP contribution in [0.5, 0.6) is 17.2 Å². The molecule has 0 fully saturated rings. The lowest BCUT2D eigenvalue weighted by molar-refractivity contribution is 0.102. The van der Waals surface area contributed by atoms with Crippen LogP contribution in [0.15, 0.2) is 65.1 Å². The van der Waals surface area contributed by atoms with Crippen molar-refractivity contribution in [3.8, 4) is 17.2 Å². The van der Waals surface area contributed by atoms with E-state index in [0.29, 0.717) is 39.5 Å². The standard InChI is InChI=1S/C23H21BrFNO4/c1-3-29-20-11-8-15(23(27)26-19-10-9-17(24)13-18(19)25)12-16(20)14-30-22-7-5-4-6-21(22)28-2/h4-13H,3,14H2,1-2H3,(H,26,27). The zero-order valence-electron chi connectivity index (χ0n) is 16.6. The number of anilines is 1. The number of rotatable bonds is 8. The van der Waals surface area contributed by atoms with Crippen molar-refractivity contribution in [3.63, 3.8) is 0 Å². The quantitative estimate of drug-likeness (QED) is 0.447. The predicted octanol–water partition coefficient (Wildman–Crippen LogP) is 5.83. The van der Waals surface area contributed by atoms with E-state index in [-0.39, 0.29) is 12.3 Å². The second kappa shape index (κ2) is 10.1. The molecule has 0 saturated carbocycles. The Balaban J connectivity index is 1.81. The Bertz CT molecular complexity index is 1040. The number of carbonyl (C=O) groups excluding carboxylic acids is 1. The molecule has 1 amide bonds. The second-order valence-electron chi connectivity index (χ2n) is 6.27. The van der Waals surface area contributed by atoms with Gasteiger partial charge in [0.15, 0.2) is 11.5 Å². The minimum Gasteiger partial charge on any atom is -0.493 e. The van der Waals surface area contributed by atoms with E-state index in [1.54, 1.807) is 43.5 Å². The van der Waals surface area contributed by atoms with Crippen LogP contribution in [0.3, 0.4) is 0 Å². The van der Waals surface area contributed by atoms with Crippen LogP contribution in [0.25, 0.3) is 0 Å². The van der Waals surface area contributed by atoms with Crippen molar-refractivity contribution >= 4 is 27.5 Å². The highest BCUT2D eigenvalue weighted by Gasteiger charge is 2.14. The second-order valence-corrected chi connectivity index (χ2v) is 7.19. The van der Waals surface area contributed by atoms with Crippen molar-refractivity contribution in [1.82, 2.24) is 0 Å². The van der Waals surface area contributed by atoms with Gasteiger partial charge in [-0.05, 0) is 55.5 Å². The third-order valence-electron chi connectivity index (χ3n) is 4.25. The number of para-hydroxylation sites is 2. The van der Waals surface area contributed by atoms with Crippen LogP contribution >= 0.6 is 15.9 Å². The van der Waals surface area contributed by atoms with Gasteiger partial charge in [-0.1, -0.05) is 28.1 Å². The molecule has 3 aromatic carbocycles. The van der Waals surface area contributed by atoms with Crippen LogP contribution in [-0.2, 0) is 6.61 Å². The molecule has 0 heterocycles. The summed E-state index contributed by atoms with van der Waals surface area (Å²) in [6.07, 6.45) is 0. The molecule has 3 rings (SSSR count). The molecule has 0 saturated heterocycles. The van der Waals surface area contributed by atoms with Crippen molar-refractivity contribution in [1.29, 1.82) is 0 Å². The summed E-state index contributed by atoms with van der Waals surface area (Å²) < 4.78 is 31.5. The molecule has 1 N–H and O–H groups in total. The largest absolute Gasteiger partial charge is 0.493 e. The van der Waals surface area contributed by atoms with E-state index in [2.05, 4.69) is 21.2 Å². The number of carbonyl (C=O) groups is 1. The Morgan fingerprint density at radius 1 is 1.00 bits per heavy atom. The summed E-state index contributed by atoms with van der Waals surface area (Å²) in [7, 11) is 1.57. The van der Waals surface area contributed by atoms with E-state index < -0.39 is 11.7 Å². The zero-order valence-corrected chi connectivity index (χ0v) is 18.2. The summed E-state index contributed by atoms with van der Waals surface area (Å²) in [5.41, 5.74) is 1.15. The van der Waals surface area contributed by atoms with Gasteiger partial charge in [-0.2, -0.15) is 0 Å². The fourth-order valence-electron chi connectivity index (χ4n) is 2.81. The highest BCUT2D eigenvalue weighted by molar-refractivity contribution is 9.10. The fourth-order valence-corrected chi connectivity index (χ4v) is 3.14. The first-order valence-corrected chi connectivity index (χ1v) is 10.1. The van der Waals surface area contributed by atoms with Crippen LogP contribution in [-0.4, -0.2) is 19.6 Å². The lowest BCUT2D eigenvalue weighted by atomic mass is 10.1. The van der Waals surface area contributed by atoms with Crippen molar-refractivity contribution in [2.45, 2.75) is 13.5 Å². The third kappa shape index (κ3) is 5.30. The van der Waals surface area contributed by atoms with Gasteiger partial charge in [-0.25, -0.2) is 4.39 Å². The van der Waals surface area contributed by atoms with Gasteiger partial charge in [0.2, 0.25) is 0 Å². The van der Waals surface area contributed by atoms with Crippen molar-refractivity contribution in [3.05, 3.63) is 82.1 Å². The summed E-state index contributed by atoms with van der Waals surface area (Å²) in [5.74, 6) is 0.837. The number of benzene rings is 3. The Morgan fingerprint density at radius 3 is 2.47 bits per heavy atom. The lowest BCUT2D eigenvalue weighted by Gasteiger charge is -2.15. The molecule has 0 aliphatic rings. The molecule has 0 aromatic heterocycles. The highest BCUT2D eigenvalue weighted by atomic mass is 79.9. The molecule has 5 nitrogen and oxygen atoms in total. The van der Waals surface area contributed by atoms with Crippen LogP contribution in [0.4, 0.5) is 10.1 Å². The van der Waals surface area contributed by atoms with Crippen LogP contribution in [0.1, 0.15) is 22.8 Å². The molecule has 0 aliphatic heterocycles. The summed E-state index contributed by atoms with van der Waals surface area (Å²) in [6.45, 7) is 2.52. The van der Waals surface area contributed by atoms with E-state index in [1.165, 1.54) is 12.1 Å². The lowest BCUT2D eigenvalue weighted by Crippen LogP contribution is -2.14. The van der Waals surface area contributed by atoms with Gasteiger partial charge in [-0.3, -0.25) is 4.79 Å². The van der Waals surface area contributed by atoms with Crippen molar-refractivity contribution in [2.24, 2.45) is 0 Å². The Hall–Kier alpha value is -3.06. The molecule has 30 heavy (non-hydrogen) atoms. The Labute approximate surface area is 182 Å². The SMILES string of the molecule is CCOc1ccc(C(=O)Nc2ccc(Br)cc2F)cc1COc1ccccc1OC. The Morgan fingerprint density at radius 2 is 1.77 bits per heavy atom. The molecule has 3 aromatic rings. The van der Waals surface area contributed by atoms with Crippen LogP contribution < -0.4 is 19.5 Å². The topological polar surface area (TPSA) is 56.8 Å². The van der Waals surface area contributed by atoms with E-state index >= 15 is 0 Å². The minimum absolute atomic E-state index is 0.101. The summed E-state index contributed by atoms with van der Waals surface area (Å²) in [6, 6.07) is 16.7. The third-order valence-corrected chi connectivity index (χ3v) is 4.75. The number of hydrogen-bond acceptors (Lipinski definition) is 4. The van der Waals surface area contributed by atoms with E-state index in [1.807, 2.05) is 19.1 Å².